The van der Waals surface area contributed by atoms with Gasteiger partial charge in [-0.25, -0.2) is 0 Å². The van der Waals surface area contributed by atoms with E-state index in [1.165, 1.54) is 132 Å². The smallest absolute Gasteiger partial charge is 0.0619 e. The number of rotatable bonds is 3. The second-order valence-corrected chi connectivity index (χ2v) is 17.4. The quantitative estimate of drug-likeness (QED) is 0.156. The van der Waals surface area contributed by atoms with Gasteiger partial charge in [-0.2, -0.15) is 0 Å². The summed E-state index contributed by atoms with van der Waals surface area (Å²) in [6.45, 7) is 0. The first-order valence-electron chi connectivity index (χ1n) is 22.1. The van der Waals surface area contributed by atoms with Crippen molar-refractivity contribution in [2.75, 3.05) is 0 Å². The molecule has 0 N–H and O–H groups in total. The standard InChI is InChI=1S/C63H38/c1-3-22-43-39(17-1)19-16-32-44(43)41-20-15-21-42(37-41)59-50-28-7-9-30-52(50)60(53-31-10-8-29-51(53)59)54-38-58-62(49-27-6-5-24-46(49)54)61-45-23-4-2-18-40(45)35-36-57(61)63(58)55-33-13-11-25-47(55)48-26-12-14-34-56(48)63/h1-38H. The van der Waals surface area contributed by atoms with Gasteiger partial charge in [-0.1, -0.05) is 218 Å². The topological polar surface area (TPSA) is 0 Å². The molecule has 0 nitrogen and oxygen atoms in total. The molecule has 0 heterocycles. The van der Waals surface area contributed by atoms with Crippen LogP contribution in [0.3, 0.4) is 0 Å². The van der Waals surface area contributed by atoms with E-state index in [9.17, 15) is 0 Å². The minimum atomic E-state index is -0.492. The zero-order valence-corrected chi connectivity index (χ0v) is 34.4. The third-order valence-corrected chi connectivity index (χ3v) is 14.4. The molecule has 12 aromatic rings. The van der Waals surface area contributed by atoms with Gasteiger partial charge in [0, 0.05) is 0 Å². The van der Waals surface area contributed by atoms with E-state index < -0.39 is 5.41 Å². The molecule has 0 amide bonds. The largest absolute Gasteiger partial charge is 0.0726 e. The predicted octanol–water partition coefficient (Wildman–Crippen LogP) is 16.8. The van der Waals surface area contributed by atoms with E-state index >= 15 is 0 Å². The zero-order valence-electron chi connectivity index (χ0n) is 34.4. The van der Waals surface area contributed by atoms with Gasteiger partial charge in [0.05, 0.1) is 5.41 Å². The zero-order chi connectivity index (χ0) is 41.2. The third-order valence-electron chi connectivity index (χ3n) is 14.4. The summed E-state index contributed by atoms with van der Waals surface area (Å²) < 4.78 is 0. The van der Waals surface area contributed by atoms with Crippen LogP contribution in [-0.2, 0) is 5.41 Å². The van der Waals surface area contributed by atoms with Crippen LogP contribution in [0.4, 0.5) is 0 Å². The van der Waals surface area contributed by atoms with Crippen molar-refractivity contribution in [3.05, 3.63) is 253 Å². The molecule has 290 valence electrons. The molecule has 0 radical (unpaired) electrons. The molecule has 0 saturated carbocycles. The third kappa shape index (κ3) is 4.60. The normalized spacial score (nSPS) is 13.2. The Hall–Kier alpha value is -8.06. The molecule has 0 heteroatoms. The highest BCUT2D eigenvalue weighted by atomic mass is 14.5. The summed E-state index contributed by atoms with van der Waals surface area (Å²) in [4.78, 5) is 0. The highest BCUT2D eigenvalue weighted by molar-refractivity contribution is 6.26. The summed E-state index contributed by atoms with van der Waals surface area (Å²) in [7, 11) is 0. The van der Waals surface area contributed by atoms with Crippen LogP contribution in [0.15, 0.2) is 231 Å². The van der Waals surface area contributed by atoms with Gasteiger partial charge in [-0.3, -0.25) is 0 Å². The molecule has 0 unspecified atom stereocenters. The Balaban J connectivity index is 1.11. The molecule has 0 fully saturated rings. The highest BCUT2D eigenvalue weighted by Crippen LogP contribution is 2.65. The van der Waals surface area contributed by atoms with Crippen molar-refractivity contribution < 1.29 is 0 Å². The van der Waals surface area contributed by atoms with Crippen LogP contribution in [0.1, 0.15) is 22.3 Å². The minimum Gasteiger partial charge on any atom is -0.0619 e. The second kappa shape index (κ2) is 13.0. The van der Waals surface area contributed by atoms with Gasteiger partial charge in [0.1, 0.15) is 0 Å². The van der Waals surface area contributed by atoms with Gasteiger partial charge < -0.3 is 0 Å². The van der Waals surface area contributed by atoms with E-state index in [2.05, 4.69) is 231 Å². The fourth-order valence-corrected chi connectivity index (χ4v) is 12.0. The highest BCUT2D eigenvalue weighted by Gasteiger charge is 2.52. The number of benzene rings is 12. The van der Waals surface area contributed by atoms with Crippen molar-refractivity contribution in [2.45, 2.75) is 5.41 Å². The van der Waals surface area contributed by atoms with Gasteiger partial charge in [0.25, 0.3) is 0 Å². The van der Waals surface area contributed by atoms with E-state index in [0.29, 0.717) is 0 Å². The van der Waals surface area contributed by atoms with Gasteiger partial charge >= 0.3 is 0 Å². The molecule has 0 atom stereocenters. The van der Waals surface area contributed by atoms with Crippen molar-refractivity contribution in [2.24, 2.45) is 0 Å². The van der Waals surface area contributed by atoms with Crippen molar-refractivity contribution in [3.8, 4) is 55.6 Å². The summed E-state index contributed by atoms with van der Waals surface area (Å²) in [6, 6.07) is 86.7. The first-order valence-corrected chi connectivity index (χ1v) is 22.1. The summed E-state index contributed by atoms with van der Waals surface area (Å²) in [5, 5.41) is 12.7. The molecule has 0 aliphatic heterocycles. The van der Waals surface area contributed by atoms with Crippen LogP contribution in [0.25, 0.3) is 109 Å². The summed E-state index contributed by atoms with van der Waals surface area (Å²) in [5.74, 6) is 0. The van der Waals surface area contributed by atoms with Crippen LogP contribution in [-0.4, -0.2) is 0 Å². The molecule has 12 aromatic carbocycles. The Morgan fingerprint density at radius 2 is 0.651 bits per heavy atom. The molecule has 2 aliphatic carbocycles. The van der Waals surface area contributed by atoms with Gasteiger partial charge in [-0.15, -0.1) is 0 Å². The molecule has 0 bridgehead atoms. The Labute approximate surface area is 366 Å². The average molecular weight is 795 g/mol. The molecule has 1 spiro atoms. The fourth-order valence-electron chi connectivity index (χ4n) is 12.0. The van der Waals surface area contributed by atoms with Crippen molar-refractivity contribution >= 4 is 53.9 Å². The maximum atomic E-state index is 2.61. The van der Waals surface area contributed by atoms with E-state index in [1.807, 2.05) is 0 Å². The summed E-state index contributed by atoms with van der Waals surface area (Å²) in [6.07, 6.45) is 0. The Morgan fingerprint density at radius 1 is 0.206 bits per heavy atom. The molecule has 0 aromatic heterocycles. The van der Waals surface area contributed by atoms with Crippen molar-refractivity contribution in [1.82, 2.24) is 0 Å². The van der Waals surface area contributed by atoms with Crippen molar-refractivity contribution in [1.29, 1.82) is 0 Å². The Bertz CT molecular complexity index is 3810. The van der Waals surface area contributed by atoms with Crippen LogP contribution < -0.4 is 0 Å². The minimum absolute atomic E-state index is 0.492. The molecular formula is C63H38. The van der Waals surface area contributed by atoms with Gasteiger partial charge in [-0.05, 0) is 144 Å². The van der Waals surface area contributed by atoms with Crippen molar-refractivity contribution in [3.63, 3.8) is 0 Å². The average Bonchev–Trinajstić information content (AvgIpc) is 3.83. The van der Waals surface area contributed by atoms with E-state index in [0.717, 1.165) is 0 Å². The van der Waals surface area contributed by atoms with E-state index in [4.69, 9.17) is 0 Å². The van der Waals surface area contributed by atoms with Gasteiger partial charge in [0.2, 0.25) is 0 Å². The fraction of sp³-hybridized carbons (Fsp3) is 0.0159. The molecule has 2 aliphatic rings. The lowest BCUT2D eigenvalue weighted by Gasteiger charge is -2.31. The first-order chi connectivity index (χ1) is 31.3. The van der Waals surface area contributed by atoms with Crippen LogP contribution >= 0.6 is 0 Å². The summed E-state index contributed by atoms with van der Waals surface area (Å²) >= 11 is 0. The lowest BCUT2D eigenvalue weighted by atomic mass is 9.69. The SMILES string of the molecule is c1cc(-c2cccc3ccccc23)cc(-c2c3ccccc3c(-c3cc4c(c5ccccc35)-c3c(ccc5ccccc35)C43c4ccccc4-c4ccccc43)c3ccccc23)c1. The molecule has 63 heavy (non-hydrogen) atoms. The maximum Gasteiger partial charge on any atom is 0.0726 e. The Kier molecular flexibility index (Phi) is 7.13. The maximum absolute atomic E-state index is 2.61. The lowest BCUT2D eigenvalue weighted by Crippen LogP contribution is -2.26. The van der Waals surface area contributed by atoms with Crippen LogP contribution in [0.2, 0.25) is 0 Å². The number of fused-ring (bicyclic) bond motifs is 17. The first kappa shape index (κ1) is 34.6. The van der Waals surface area contributed by atoms with E-state index in [1.54, 1.807) is 0 Å². The second-order valence-electron chi connectivity index (χ2n) is 17.4. The molecule has 14 rings (SSSR count). The van der Waals surface area contributed by atoms with Gasteiger partial charge in [0.15, 0.2) is 0 Å². The molecule has 0 saturated heterocycles. The molecular weight excluding hydrogens is 757 g/mol. The van der Waals surface area contributed by atoms with E-state index in [-0.39, 0.29) is 0 Å². The predicted molar refractivity (Wildman–Crippen MR) is 267 cm³/mol. The number of hydrogen-bond acceptors (Lipinski definition) is 0. The summed E-state index contributed by atoms with van der Waals surface area (Å²) in [5.41, 5.74) is 17.8. The number of hydrogen-bond donors (Lipinski definition) is 0. The van der Waals surface area contributed by atoms with Crippen LogP contribution in [0, 0.1) is 0 Å². The van der Waals surface area contributed by atoms with Crippen LogP contribution in [0.5, 0.6) is 0 Å². The lowest BCUT2D eigenvalue weighted by molar-refractivity contribution is 0.795. The Morgan fingerprint density at radius 3 is 1.32 bits per heavy atom. The monoisotopic (exact) mass is 794 g/mol.